The SMILES string of the molecule is CC[C@@]1(O)C(=O)OCc2c1cc1n(c2=O)Cc2c-1nc1cc(F)c(C)cc1c2C(C)N1CCN(C(=O)OCc2ccccc2)CC1. The molecule has 1 saturated heterocycles. The Labute approximate surface area is 265 Å². The van der Waals surface area contributed by atoms with Crippen molar-refractivity contribution in [2.45, 2.75) is 58.6 Å². The van der Waals surface area contributed by atoms with Gasteiger partial charge in [0.2, 0.25) is 0 Å². The summed E-state index contributed by atoms with van der Waals surface area (Å²) < 4.78 is 27.3. The number of amides is 1. The molecule has 0 saturated carbocycles. The highest BCUT2D eigenvalue weighted by Crippen LogP contribution is 2.43. The van der Waals surface area contributed by atoms with E-state index in [4.69, 9.17) is 14.5 Å². The monoisotopic (exact) mass is 626 g/mol. The van der Waals surface area contributed by atoms with E-state index in [-0.39, 0.29) is 60.8 Å². The minimum atomic E-state index is -1.94. The lowest BCUT2D eigenvalue weighted by Crippen LogP contribution is -2.49. The van der Waals surface area contributed by atoms with Crippen molar-refractivity contribution in [1.29, 1.82) is 0 Å². The van der Waals surface area contributed by atoms with E-state index in [1.807, 2.05) is 30.3 Å². The Bertz CT molecular complexity index is 1950. The topological polar surface area (TPSA) is 114 Å². The van der Waals surface area contributed by atoms with Crippen LogP contribution < -0.4 is 5.56 Å². The highest BCUT2D eigenvalue weighted by Gasteiger charge is 2.45. The first-order valence-electron chi connectivity index (χ1n) is 15.6. The van der Waals surface area contributed by atoms with E-state index in [2.05, 4.69) is 11.8 Å². The van der Waals surface area contributed by atoms with E-state index in [0.717, 1.165) is 22.1 Å². The summed E-state index contributed by atoms with van der Waals surface area (Å²) >= 11 is 0. The molecule has 2 aromatic carbocycles. The molecule has 0 radical (unpaired) electrons. The molecule has 2 aromatic heterocycles. The van der Waals surface area contributed by atoms with Gasteiger partial charge in [-0.2, -0.15) is 0 Å². The number of halogens is 1. The minimum Gasteiger partial charge on any atom is -0.458 e. The molecule has 1 N–H and O–H groups in total. The Morgan fingerprint density at radius 2 is 1.85 bits per heavy atom. The zero-order valence-corrected chi connectivity index (χ0v) is 26.0. The van der Waals surface area contributed by atoms with Gasteiger partial charge in [-0.1, -0.05) is 37.3 Å². The van der Waals surface area contributed by atoms with Gasteiger partial charge in [-0.05, 0) is 49.1 Å². The molecule has 1 amide bonds. The molecule has 10 nitrogen and oxygen atoms in total. The standard InChI is InChI=1S/C35H35FN4O6/c1-4-35(44)26-15-29-31-24(17-40(29)32(41)25(26)19-45-33(35)42)30(23-14-20(2)27(36)16-28(23)37-31)21(3)38-10-12-39(13-11-38)34(43)46-18-22-8-6-5-7-9-22/h5-9,14-16,21,44H,4,10-13,17-19H2,1-3H3/t21?,35-/m0/s1. The highest BCUT2D eigenvalue weighted by molar-refractivity contribution is 5.90. The van der Waals surface area contributed by atoms with Crippen LogP contribution >= 0.6 is 0 Å². The van der Waals surface area contributed by atoms with E-state index in [1.165, 1.54) is 6.07 Å². The maximum atomic E-state index is 14.9. The number of carbonyl (C=O) groups excluding carboxylic acids is 2. The molecule has 0 spiro atoms. The van der Waals surface area contributed by atoms with Gasteiger partial charge in [-0.15, -0.1) is 0 Å². The lowest BCUT2D eigenvalue weighted by atomic mass is 9.86. The molecule has 46 heavy (non-hydrogen) atoms. The minimum absolute atomic E-state index is 0.0400. The van der Waals surface area contributed by atoms with Crippen molar-refractivity contribution in [1.82, 2.24) is 19.4 Å². The van der Waals surface area contributed by atoms with Gasteiger partial charge < -0.3 is 24.0 Å². The summed E-state index contributed by atoms with van der Waals surface area (Å²) in [6.45, 7) is 7.82. The molecular weight excluding hydrogens is 591 g/mol. The number of rotatable bonds is 5. The molecule has 1 fully saturated rings. The number of aromatic nitrogens is 2. The fourth-order valence-corrected chi connectivity index (χ4v) is 7.00. The van der Waals surface area contributed by atoms with Crippen molar-refractivity contribution in [2.75, 3.05) is 26.2 Å². The van der Waals surface area contributed by atoms with Crippen molar-refractivity contribution in [3.8, 4) is 11.4 Å². The van der Waals surface area contributed by atoms with Crippen LogP contribution in [0.1, 0.15) is 59.7 Å². The highest BCUT2D eigenvalue weighted by atomic mass is 19.1. The smallest absolute Gasteiger partial charge is 0.410 e. The largest absolute Gasteiger partial charge is 0.458 e. The first kappa shape index (κ1) is 30.1. The van der Waals surface area contributed by atoms with Gasteiger partial charge in [0.05, 0.1) is 29.0 Å². The van der Waals surface area contributed by atoms with Crippen LogP contribution in [0.4, 0.5) is 9.18 Å². The third-order valence-electron chi connectivity index (χ3n) is 9.76. The maximum absolute atomic E-state index is 14.9. The second-order valence-corrected chi connectivity index (χ2v) is 12.3. The van der Waals surface area contributed by atoms with E-state index in [9.17, 15) is 23.9 Å². The summed E-state index contributed by atoms with van der Waals surface area (Å²) in [7, 11) is 0. The predicted octanol–water partition coefficient (Wildman–Crippen LogP) is 4.54. The van der Waals surface area contributed by atoms with Crippen molar-refractivity contribution >= 4 is 23.0 Å². The van der Waals surface area contributed by atoms with E-state index in [1.54, 1.807) is 35.4 Å². The molecule has 4 aromatic rings. The number of aryl methyl sites for hydroxylation is 1. The summed E-state index contributed by atoms with van der Waals surface area (Å²) in [4.78, 5) is 48.1. The first-order chi connectivity index (χ1) is 22.1. The Morgan fingerprint density at radius 1 is 1.11 bits per heavy atom. The molecule has 1 unspecified atom stereocenters. The van der Waals surface area contributed by atoms with Gasteiger partial charge in [0.1, 0.15) is 19.0 Å². The van der Waals surface area contributed by atoms with Crippen molar-refractivity contribution in [2.24, 2.45) is 0 Å². The summed E-state index contributed by atoms with van der Waals surface area (Å²) in [5.41, 5.74) is 2.82. The zero-order chi connectivity index (χ0) is 32.3. The van der Waals surface area contributed by atoms with Gasteiger partial charge in [0.25, 0.3) is 5.56 Å². The predicted molar refractivity (Wildman–Crippen MR) is 167 cm³/mol. The molecule has 3 aliphatic heterocycles. The first-order valence-corrected chi connectivity index (χ1v) is 15.6. The molecule has 11 heteroatoms. The lowest BCUT2D eigenvalue weighted by molar-refractivity contribution is -0.172. The number of benzene rings is 2. The lowest BCUT2D eigenvalue weighted by Gasteiger charge is -2.38. The number of hydrogen-bond donors (Lipinski definition) is 1. The Balaban J connectivity index is 1.23. The van der Waals surface area contributed by atoms with E-state index >= 15 is 0 Å². The number of aliphatic hydroxyl groups is 1. The van der Waals surface area contributed by atoms with Crippen molar-refractivity contribution < 1.29 is 28.6 Å². The van der Waals surface area contributed by atoms with E-state index in [0.29, 0.717) is 48.6 Å². The molecule has 7 rings (SSSR count). The Hall–Kier alpha value is -4.61. The maximum Gasteiger partial charge on any atom is 0.410 e. The number of cyclic esters (lactones) is 1. The number of pyridine rings is 2. The third kappa shape index (κ3) is 4.76. The zero-order valence-electron chi connectivity index (χ0n) is 26.0. The van der Waals surface area contributed by atoms with Crippen LogP contribution in [0.3, 0.4) is 0 Å². The quantitative estimate of drug-likeness (QED) is 0.283. The number of hydrogen-bond acceptors (Lipinski definition) is 8. The molecule has 0 bridgehead atoms. The van der Waals surface area contributed by atoms with Crippen molar-refractivity contribution in [3.63, 3.8) is 0 Å². The Morgan fingerprint density at radius 3 is 2.57 bits per heavy atom. The van der Waals surface area contributed by atoms with Crippen LogP contribution in [0.5, 0.6) is 0 Å². The Kier molecular flexibility index (Phi) is 7.40. The summed E-state index contributed by atoms with van der Waals surface area (Å²) in [6.07, 6.45) is -0.316. The van der Waals surface area contributed by atoms with Crippen LogP contribution in [-0.4, -0.2) is 62.7 Å². The van der Waals surface area contributed by atoms with Gasteiger partial charge in [0.15, 0.2) is 5.60 Å². The molecular formula is C35H35FN4O6. The van der Waals surface area contributed by atoms with E-state index < -0.39 is 11.6 Å². The van der Waals surface area contributed by atoms with Gasteiger partial charge >= 0.3 is 12.1 Å². The number of carbonyl (C=O) groups is 2. The molecule has 5 heterocycles. The summed E-state index contributed by atoms with van der Waals surface area (Å²) in [5.74, 6) is -1.17. The van der Waals surface area contributed by atoms with Gasteiger partial charge in [-0.3, -0.25) is 9.69 Å². The van der Waals surface area contributed by atoms with Crippen molar-refractivity contribution in [3.05, 3.63) is 98.1 Å². The third-order valence-corrected chi connectivity index (χ3v) is 9.76. The average molecular weight is 627 g/mol. The van der Waals surface area contributed by atoms with Crippen LogP contribution in [-0.2, 0) is 39.6 Å². The summed E-state index contributed by atoms with van der Waals surface area (Å²) in [6, 6.07) is 14.3. The van der Waals surface area contributed by atoms with Gasteiger partial charge in [0, 0.05) is 54.8 Å². The second kappa shape index (κ2) is 11.3. The average Bonchev–Trinajstić information content (AvgIpc) is 3.43. The number of piperazine rings is 1. The molecule has 238 valence electrons. The fraction of sp³-hybridized carbons (Fsp3) is 0.371. The number of nitrogens with zero attached hydrogens (tertiary/aromatic N) is 4. The normalized spacial score (nSPS) is 19.8. The number of esters is 1. The van der Waals surface area contributed by atoms with Crippen LogP contribution in [0.15, 0.2) is 53.3 Å². The van der Waals surface area contributed by atoms with Crippen LogP contribution in [0.2, 0.25) is 0 Å². The number of ether oxygens (including phenoxy) is 2. The van der Waals surface area contributed by atoms with Crippen LogP contribution in [0, 0.1) is 12.7 Å². The molecule has 0 aliphatic carbocycles. The number of fused-ring (bicyclic) bond motifs is 5. The van der Waals surface area contributed by atoms with Gasteiger partial charge in [-0.25, -0.2) is 19.0 Å². The molecule has 3 aliphatic rings. The summed E-state index contributed by atoms with van der Waals surface area (Å²) in [5, 5.41) is 12.1. The molecule has 2 atom stereocenters. The fourth-order valence-electron chi connectivity index (χ4n) is 7.00. The van der Waals surface area contributed by atoms with Crippen LogP contribution in [0.25, 0.3) is 22.3 Å². The second-order valence-electron chi connectivity index (χ2n) is 12.3.